The largest absolute Gasteiger partial charge is 0.468 e. The maximum absolute atomic E-state index is 12.2. The number of ether oxygens (including phenoxy) is 1. The Balaban J connectivity index is 0.00000484. The molecule has 23 heavy (non-hydrogen) atoms. The number of rotatable bonds is 6. The lowest BCUT2D eigenvalue weighted by molar-refractivity contribution is -0.154. The smallest absolute Gasteiger partial charge is 0.422 e. The number of guanidine groups is 1. The highest BCUT2D eigenvalue weighted by Gasteiger charge is 2.29. The molecule has 0 bridgehead atoms. The lowest BCUT2D eigenvalue weighted by atomic mass is 10.3. The van der Waals surface area contributed by atoms with E-state index in [-0.39, 0.29) is 42.9 Å². The summed E-state index contributed by atoms with van der Waals surface area (Å²) in [7, 11) is 0. The first-order valence-corrected chi connectivity index (χ1v) is 6.55. The van der Waals surface area contributed by atoms with Crippen molar-refractivity contribution in [2.45, 2.75) is 19.6 Å². The van der Waals surface area contributed by atoms with Crippen molar-refractivity contribution in [1.82, 2.24) is 15.6 Å². The molecule has 1 aromatic heterocycles. The fraction of sp³-hybridized carbons (Fsp3) is 0.429. The third-order valence-electron chi connectivity index (χ3n) is 2.33. The van der Waals surface area contributed by atoms with Gasteiger partial charge in [-0.05, 0) is 13.0 Å². The minimum atomic E-state index is -4.42. The lowest BCUT2D eigenvalue weighted by Crippen LogP contribution is -2.37. The Hall–Kier alpha value is -1.70. The Labute approximate surface area is 150 Å². The molecule has 0 spiro atoms. The molecule has 0 atom stereocenters. The second kappa shape index (κ2) is 10.9. The van der Waals surface area contributed by atoms with Crippen molar-refractivity contribution in [2.24, 2.45) is 4.99 Å². The maximum Gasteiger partial charge on any atom is 0.422 e. The Morgan fingerprint density at radius 2 is 2.17 bits per heavy atom. The molecular weight excluding hydrogens is 424 g/mol. The van der Waals surface area contributed by atoms with Crippen LogP contribution in [0.4, 0.5) is 13.2 Å². The van der Waals surface area contributed by atoms with Crippen molar-refractivity contribution in [1.29, 1.82) is 0 Å². The molecule has 0 amide bonds. The van der Waals surface area contributed by atoms with Crippen molar-refractivity contribution >= 4 is 29.9 Å². The number of aliphatic imine (C=N–C) groups is 1. The lowest BCUT2D eigenvalue weighted by Gasteiger charge is -2.12. The number of hydrogen-bond acceptors (Lipinski definition) is 3. The molecule has 0 unspecified atom stereocenters. The van der Waals surface area contributed by atoms with Gasteiger partial charge < -0.3 is 15.4 Å². The van der Waals surface area contributed by atoms with Gasteiger partial charge in [0.05, 0.1) is 13.1 Å². The fourth-order valence-corrected chi connectivity index (χ4v) is 1.47. The van der Waals surface area contributed by atoms with Crippen LogP contribution in [0.5, 0.6) is 5.88 Å². The predicted octanol–water partition coefficient (Wildman–Crippen LogP) is 2.33. The van der Waals surface area contributed by atoms with Crippen molar-refractivity contribution in [3.8, 4) is 18.2 Å². The zero-order valence-electron chi connectivity index (χ0n) is 12.5. The SMILES string of the molecule is C#CCNC(=NCc1cccnc1OCC(F)(F)F)NCC.I. The third kappa shape index (κ3) is 9.12. The zero-order chi connectivity index (χ0) is 16.4. The van der Waals surface area contributed by atoms with Gasteiger partial charge in [0.2, 0.25) is 5.88 Å². The summed E-state index contributed by atoms with van der Waals surface area (Å²) in [5, 5.41) is 5.84. The Morgan fingerprint density at radius 3 is 2.78 bits per heavy atom. The second-order valence-corrected chi connectivity index (χ2v) is 4.12. The number of aromatic nitrogens is 1. The van der Waals surface area contributed by atoms with Gasteiger partial charge in [0, 0.05) is 18.3 Å². The van der Waals surface area contributed by atoms with Gasteiger partial charge >= 0.3 is 6.18 Å². The Morgan fingerprint density at radius 1 is 1.43 bits per heavy atom. The normalized spacial score (nSPS) is 11.2. The van der Waals surface area contributed by atoms with Gasteiger partial charge in [-0.3, -0.25) is 0 Å². The molecule has 5 nitrogen and oxygen atoms in total. The van der Waals surface area contributed by atoms with E-state index in [9.17, 15) is 13.2 Å². The monoisotopic (exact) mass is 442 g/mol. The molecule has 1 aromatic rings. The molecular formula is C14H18F3IN4O. The molecule has 0 fully saturated rings. The fourth-order valence-electron chi connectivity index (χ4n) is 1.47. The van der Waals surface area contributed by atoms with E-state index in [0.29, 0.717) is 18.1 Å². The molecule has 2 N–H and O–H groups in total. The summed E-state index contributed by atoms with van der Waals surface area (Å²) < 4.78 is 41.3. The summed E-state index contributed by atoms with van der Waals surface area (Å²) in [6, 6.07) is 3.21. The quantitative estimate of drug-likeness (QED) is 0.308. The molecule has 0 aliphatic heterocycles. The molecule has 1 heterocycles. The van der Waals surface area contributed by atoms with Crippen LogP contribution in [0.25, 0.3) is 0 Å². The number of nitrogens with zero attached hydrogens (tertiary/aromatic N) is 2. The maximum atomic E-state index is 12.2. The molecule has 1 rings (SSSR count). The van der Waals surface area contributed by atoms with Crippen molar-refractivity contribution in [3.05, 3.63) is 23.9 Å². The van der Waals surface area contributed by atoms with E-state index in [1.54, 1.807) is 12.1 Å². The van der Waals surface area contributed by atoms with Crippen LogP contribution in [0.2, 0.25) is 0 Å². The van der Waals surface area contributed by atoms with Gasteiger partial charge in [0.15, 0.2) is 12.6 Å². The predicted molar refractivity (Wildman–Crippen MR) is 92.9 cm³/mol. The minimum absolute atomic E-state index is 0. The van der Waals surface area contributed by atoms with Crippen LogP contribution in [0.15, 0.2) is 23.3 Å². The van der Waals surface area contributed by atoms with Crippen molar-refractivity contribution < 1.29 is 17.9 Å². The number of pyridine rings is 1. The first-order chi connectivity index (χ1) is 10.5. The summed E-state index contributed by atoms with van der Waals surface area (Å²) in [5.41, 5.74) is 0.449. The summed E-state index contributed by atoms with van der Waals surface area (Å²) in [4.78, 5) is 8.03. The summed E-state index contributed by atoms with van der Waals surface area (Å²) >= 11 is 0. The van der Waals surface area contributed by atoms with Crippen LogP contribution in [0, 0.1) is 12.3 Å². The van der Waals surface area contributed by atoms with E-state index >= 15 is 0 Å². The molecule has 0 radical (unpaired) electrons. The van der Waals surface area contributed by atoms with Crippen LogP contribution in [0.1, 0.15) is 12.5 Å². The van der Waals surface area contributed by atoms with E-state index in [2.05, 4.69) is 26.5 Å². The van der Waals surface area contributed by atoms with Crippen molar-refractivity contribution in [2.75, 3.05) is 19.7 Å². The topological polar surface area (TPSA) is 58.5 Å². The Bertz CT molecular complexity index is 544. The van der Waals surface area contributed by atoms with E-state index in [1.807, 2.05) is 6.92 Å². The van der Waals surface area contributed by atoms with E-state index in [0.717, 1.165) is 0 Å². The average molecular weight is 442 g/mol. The minimum Gasteiger partial charge on any atom is -0.468 e. The van der Waals surface area contributed by atoms with Gasteiger partial charge in [-0.25, -0.2) is 9.98 Å². The van der Waals surface area contributed by atoms with E-state index in [4.69, 9.17) is 11.2 Å². The Kier molecular flexibility index (Phi) is 10.1. The molecule has 0 saturated heterocycles. The highest BCUT2D eigenvalue weighted by Crippen LogP contribution is 2.20. The average Bonchev–Trinajstić information content (AvgIpc) is 2.48. The van der Waals surface area contributed by atoms with Crippen LogP contribution in [0.3, 0.4) is 0 Å². The standard InChI is InChI=1S/C14H17F3N4O.HI/c1-3-7-20-13(18-4-2)21-9-11-6-5-8-19-12(11)22-10-14(15,16)17;/h1,5-6,8H,4,7,9-10H2,2H3,(H2,18,20,21);1H. The third-order valence-corrected chi connectivity index (χ3v) is 2.33. The first-order valence-electron chi connectivity index (χ1n) is 6.55. The van der Waals surface area contributed by atoms with Crippen molar-refractivity contribution in [3.63, 3.8) is 0 Å². The molecule has 0 aliphatic carbocycles. The number of halogens is 4. The molecule has 0 aliphatic rings. The summed E-state index contributed by atoms with van der Waals surface area (Å²) in [6.07, 6.45) is 2.10. The number of terminal acetylenes is 1. The highest BCUT2D eigenvalue weighted by atomic mass is 127. The van der Waals surface area contributed by atoms with Crippen LogP contribution in [-0.2, 0) is 6.54 Å². The van der Waals surface area contributed by atoms with Crippen LogP contribution in [-0.4, -0.2) is 36.8 Å². The van der Waals surface area contributed by atoms with E-state index < -0.39 is 12.8 Å². The van der Waals surface area contributed by atoms with Crippen LogP contribution < -0.4 is 15.4 Å². The van der Waals surface area contributed by atoms with Gasteiger partial charge in [-0.2, -0.15) is 13.2 Å². The first kappa shape index (κ1) is 21.3. The number of alkyl halides is 3. The molecule has 128 valence electrons. The molecule has 0 saturated carbocycles. The number of hydrogen-bond donors (Lipinski definition) is 2. The summed E-state index contributed by atoms with van der Waals surface area (Å²) in [5.74, 6) is 2.79. The van der Waals surface area contributed by atoms with Gasteiger partial charge in [0.25, 0.3) is 0 Å². The van der Waals surface area contributed by atoms with Gasteiger partial charge in [0.1, 0.15) is 0 Å². The van der Waals surface area contributed by atoms with Crippen LogP contribution >= 0.6 is 24.0 Å². The summed E-state index contributed by atoms with van der Waals surface area (Å²) in [6.45, 7) is 1.52. The second-order valence-electron chi connectivity index (χ2n) is 4.12. The highest BCUT2D eigenvalue weighted by molar-refractivity contribution is 14.0. The zero-order valence-corrected chi connectivity index (χ0v) is 14.8. The molecule has 0 aromatic carbocycles. The molecule has 9 heteroatoms. The number of nitrogens with one attached hydrogen (secondary N) is 2. The van der Waals surface area contributed by atoms with E-state index in [1.165, 1.54) is 6.20 Å². The van der Waals surface area contributed by atoms with Gasteiger partial charge in [-0.1, -0.05) is 12.0 Å². The van der Waals surface area contributed by atoms with Gasteiger partial charge in [-0.15, -0.1) is 30.4 Å².